The fourth-order valence-corrected chi connectivity index (χ4v) is 9.24. The molecular weight excluding hydrogens is 587 g/mol. The van der Waals surface area contributed by atoms with Crippen LogP contribution in [0.25, 0.3) is 44.7 Å². The number of fused-ring (bicyclic) bond motifs is 10. The highest BCUT2D eigenvalue weighted by Crippen LogP contribution is 2.54. The van der Waals surface area contributed by atoms with Crippen molar-refractivity contribution in [2.24, 2.45) is 11.8 Å². The van der Waals surface area contributed by atoms with Crippen LogP contribution in [0.15, 0.2) is 126 Å². The van der Waals surface area contributed by atoms with E-state index in [-0.39, 0.29) is 23.9 Å². The molecule has 1 aliphatic heterocycles. The number of nitrogens with zero attached hydrogens (tertiary/aromatic N) is 3. The molecule has 1 fully saturated rings. The molecule has 3 aliphatic carbocycles. The van der Waals surface area contributed by atoms with Crippen molar-refractivity contribution in [3.63, 3.8) is 0 Å². The number of nitriles is 1. The Bertz CT molecular complexity index is 2340. The van der Waals surface area contributed by atoms with Crippen molar-refractivity contribution >= 4 is 33.6 Å². The molecule has 5 unspecified atom stereocenters. The van der Waals surface area contributed by atoms with E-state index >= 15 is 0 Å². The minimum atomic E-state index is 0.120. The molecule has 232 valence electrons. The van der Waals surface area contributed by atoms with Crippen molar-refractivity contribution in [2.75, 3.05) is 4.90 Å². The summed E-state index contributed by atoms with van der Waals surface area (Å²) >= 11 is 0. The second-order valence-electron chi connectivity index (χ2n) is 14.0. The first kappa shape index (κ1) is 27.6. The van der Waals surface area contributed by atoms with E-state index < -0.39 is 0 Å². The standard InChI is InChI=1S/C44H35N3O/c1-27-17-24-41-35(25-27)33-22-23-40-43(44(33)48-41)34-12-4-7-15-38(34)47(40)39-16-8-9-29(26-45)42(39)28-18-20-30(21-19-28)46-36-13-5-2-10-31(36)32-11-3-6-14-37(32)46/h2-16,18-23,27,34,38,40,43H,17,24-25H2,1H3. The average Bonchev–Trinajstić information content (AvgIpc) is 3.79. The fraction of sp³-hybridized carbons (Fsp3) is 0.205. The molecule has 0 N–H and O–H groups in total. The van der Waals surface area contributed by atoms with Crippen molar-refractivity contribution in [1.29, 1.82) is 5.26 Å². The Morgan fingerprint density at radius 3 is 2.31 bits per heavy atom. The van der Waals surface area contributed by atoms with Gasteiger partial charge in [0.05, 0.1) is 40.7 Å². The number of aromatic nitrogens is 1. The van der Waals surface area contributed by atoms with Crippen LogP contribution in [0, 0.1) is 23.2 Å². The van der Waals surface area contributed by atoms with E-state index in [2.05, 4.69) is 138 Å². The van der Waals surface area contributed by atoms with Crippen LogP contribution in [0.1, 0.15) is 47.5 Å². The first-order chi connectivity index (χ1) is 23.7. The predicted molar refractivity (Wildman–Crippen MR) is 194 cm³/mol. The maximum absolute atomic E-state index is 10.5. The highest BCUT2D eigenvalue weighted by molar-refractivity contribution is 6.09. The van der Waals surface area contributed by atoms with Gasteiger partial charge in [0.25, 0.3) is 0 Å². The van der Waals surface area contributed by atoms with Crippen LogP contribution in [0.2, 0.25) is 0 Å². The minimum absolute atomic E-state index is 0.120. The molecule has 0 saturated carbocycles. The molecule has 0 radical (unpaired) electrons. The third-order valence-corrected chi connectivity index (χ3v) is 11.3. The normalized spacial score (nSPS) is 23.6. The van der Waals surface area contributed by atoms with Crippen molar-refractivity contribution in [3.05, 3.63) is 150 Å². The second-order valence-corrected chi connectivity index (χ2v) is 14.0. The average molecular weight is 622 g/mol. The number of para-hydroxylation sites is 2. The number of hydrogen-bond acceptors (Lipinski definition) is 3. The molecule has 1 saturated heterocycles. The van der Waals surface area contributed by atoms with Crippen molar-refractivity contribution in [1.82, 2.24) is 4.57 Å². The quantitative estimate of drug-likeness (QED) is 0.198. The van der Waals surface area contributed by atoms with E-state index in [1.165, 1.54) is 45.1 Å². The smallest absolute Gasteiger partial charge is 0.117 e. The van der Waals surface area contributed by atoms with E-state index in [4.69, 9.17) is 4.42 Å². The zero-order valence-corrected chi connectivity index (χ0v) is 26.9. The van der Waals surface area contributed by atoms with E-state index in [0.29, 0.717) is 11.5 Å². The summed E-state index contributed by atoms with van der Waals surface area (Å²) < 4.78 is 9.14. The number of hydrogen-bond donors (Lipinski definition) is 0. The molecule has 0 bridgehead atoms. The lowest BCUT2D eigenvalue weighted by molar-refractivity contribution is 0.374. The monoisotopic (exact) mass is 621 g/mol. The van der Waals surface area contributed by atoms with Gasteiger partial charge >= 0.3 is 0 Å². The fourth-order valence-electron chi connectivity index (χ4n) is 9.24. The molecule has 3 heterocycles. The van der Waals surface area contributed by atoms with E-state index in [1.54, 1.807) is 0 Å². The highest BCUT2D eigenvalue weighted by Gasteiger charge is 2.51. The Labute approximate surface area is 280 Å². The van der Waals surface area contributed by atoms with Crippen LogP contribution < -0.4 is 4.90 Å². The van der Waals surface area contributed by atoms with Crippen molar-refractivity contribution < 1.29 is 4.42 Å². The number of aryl methyl sites for hydroxylation is 1. The number of furan rings is 1. The highest BCUT2D eigenvalue weighted by atomic mass is 16.3. The molecule has 48 heavy (non-hydrogen) atoms. The summed E-state index contributed by atoms with van der Waals surface area (Å²) in [5.41, 5.74) is 10.1. The zero-order chi connectivity index (χ0) is 31.9. The first-order valence-electron chi connectivity index (χ1n) is 17.3. The van der Waals surface area contributed by atoms with Gasteiger partial charge in [0.1, 0.15) is 11.5 Å². The van der Waals surface area contributed by atoms with Crippen LogP contribution in [0.4, 0.5) is 5.69 Å². The molecule has 6 aromatic rings. The van der Waals surface area contributed by atoms with Gasteiger partial charge in [0, 0.05) is 51.2 Å². The van der Waals surface area contributed by atoms with Crippen molar-refractivity contribution in [3.8, 4) is 22.9 Å². The summed E-state index contributed by atoms with van der Waals surface area (Å²) in [6, 6.07) is 35.0. The van der Waals surface area contributed by atoms with Gasteiger partial charge in [-0.2, -0.15) is 5.26 Å². The molecule has 10 rings (SSSR count). The molecule has 5 atom stereocenters. The lowest BCUT2D eigenvalue weighted by Crippen LogP contribution is -2.37. The summed E-state index contributed by atoms with van der Waals surface area (Å²) in [6.07, 6.45) is 17.2. The Morgan fingerprint density at radius 2 is 1.54 bits per heavy atom. The molecule has 4 aromatic carbocycles. The molecule has 2 aromatic heterocycles. The summed E-state index contributed by atoms with van der Waals surface area (Å²) in [5, 5.41) is 13.0. The molecule has 0 spiro atoms. The maximum atomic E-state index is 10.5. The van der Waals surface area contributed by atoms with Crippen LogP contribution in [-0.2, 0) is 12.8 Å². The molecule has 4 heteroatoms. The second kappa shape index (κ2) is 10.5. The van der Waals surface area contributed by atoms with Crippen LogP contribution >= 0.6 is 0 Å². The van der Waals surface area contributed by atoms with Gasteiger partial charge in [-0.15, -0.1) is 0 Å². The van der Waals surface area contributed by atoms with Crippen LogP contribution in [0.5, 0.6) is 0 Å². The van der Waals surface area contributed by atoms with Gasteiger partial charge < -0.3 is 13.9 Å². The third-order valence-electron chi connectivity index (χ3n) is 11.3. The molecule has 4 aliphatic rings. The summed E-state index contributed by atoms with van der Waals surface area (Å²) in [5.74, 6) is 3.54. The Morgan fingerprint density at radius 1 is 0.792 bits per heavy atom. The summed E-state index contributed by atoms with van der Waals surface area (Å²) in [6.45, 7) is 2.36. The van der Waals surface area contributed by atoms with Gasteiger partial charge in [-0.25, -0.2) is 0 Å². The van der Waals surface area contributed by atoms with Crippen LogP contribution in [-0.4, -0.2) is 16.7 Å². The van der Waals surface area contributed by atoms with E-state index in [1.807, 2.05) is 12.1 Å². The number of allylic oxidation sites excluding steroid dienone is 2. The van der Waals surface area contributed by atoms with Gasteiger partial charge in [0.2, 0.25) is 0 Å². The Kier molecular flexibility index (Phi) is 6.02. The first-order valence-corrected chi connectivity index (χ1v) is 17.3. The Hall–Kier alpha value is -5.53. The number of benzene rings is 4. The molecule has 0 amide bonds. The number of rotatable bonds is 3. The SMILES string of the molecule is CC1CCc2oc3c(c2C1)C=CC1C3C2C=CC=CC2N1c1cccc(C#N)c1-c1ccc(-n2c3ccccc3c3ccccc32)cc1. The summed E-state index contributed by atoms with van der Waals surface area (Å²) in [4.78, 5) is 2.57. The lowest BCUT2D eigenvalue weighted by atomic mass is 9.78. The third kappa shape index (κ3) is 3.88. The summed E-state index contributed by atoms with van der Waals surface area (Å²) in [7, 11) is 0. The maximum Gasteiger partial charge on any atom is 0.117 e. The predicted octanol–water partition coefficient (Wildman–Crippen LogP) is 10.2. The van der Waals surface area contributed by atoms with Crippen molar-refractivity contribution in [2.45, 2.75) is 44.2 Å². The van der Waals surface area contributed by atoms with Gasteiger partial charge in [-0.05, 0) is 60.7 Å². The van der Waals surface area contributed by atoms with Crippen LogP contribution in [0.3, 0.4) is 0 Å². The molecular formula is C44H35N3O. The van der Waals surface area contributed by atoms with Gasteiger partial charge in [0.15, 0.2) is 0 Å². The van der Waals surface area contributed by atoms with Gasteiger partial charge in [-0.1, -0.05) is 98.0 Å². The van der Waals surface area contributed by atoms with E-state index in [0.717, 1.165) is 41.1 Å². The molecule has 4 nitrogen and oxygen atoms in total. The Balaban J connectivity index is 1.10. The largest absolute Gasteiger partial charge is 0.465 e. The lowest BCUT2D eigenvalue weighted by Gasteiger charge is -2.34. The topological polar surface area (TPSA) is 45.1 Å². The van der Waals surface area contributed by atoms with Gasteiger partial charge in [-0.3, -0.25) is 0 Å². The van der Waals surface area contributed by atoms with E-state index in [9.17, 15) is 5.26 Å². The zero-order valence-electron chi connectivity index (χ0n) is 26.9. The minimum Gasteiger partial charge on any atom is -0.465 e. The number of anilines is 1.